The highest BCUT2D eigenvalue weighted by Gasteiger charge is 2.33. The number of ether oxygens (including phenoxy) is 1. The fourth-order valence-electron chi connectivity index (χ4n) is 3.96. The summed E-state index contributed by atoms with van der Waals surface area (Å²) in [6, 6.07) is 17.5. The van der Waals surface area contributed by atoms with Crippen LogP contribution in [0.5, 0.6) is 0 Å². The molecular weight excluding hydrogens is 386 g/mol. The van der Waals surface area contributed by atoms with Crippen LogP contribution < -0.4 is 0 Å². The number of para-hydroxylation sites is 1. The molecule has 1 saturated heterocycles. The van der Waals surface area contributed by atoms with E-state index < -0.39 is 10.8 Å². The largest absolute Gasteiger partial charge is 0.380 e. The molecule has 0 N–H and O–H groups in total. The second-order valence-corrected chi connectivity index (χ2v) is 8.59. The van der Waals surface area contributed by atoms with E-state index in [1.807, 2.05) is 59.3 Å². The highest BCUT2D eigenvalue weighted by molar-refractivity contribution is 7.84. The number of carbonyl (C=O) groups excluding carboxylic acids is 1. The van der Waals surface area contributed by atoms with Crippen molar-refractivity contribution in [2.45, 2.75) is 17.1 Å². The van der Waals surface area contributed by atoms with E-state index in [1.165, 1.54) is 0 Å². The van der Waals surface area contributed by atoms with Crippen molar-refractivity contribution in [3.63, 3.8) is 0 Å². The Hall–Kier alpha value is -2.77. The average molecular weight is 407 g/mol. The summed E-state index contributed by atoms with van der Waals surface area (Å²) in [5.74, 6) is 0.183. The Morgan fingerprint density at radius 3 is 2.66 bits per heavy atom. The second kappa shape index (κ2) is 7.57. The summed E-state index contributed by atoms with van der Waals surface area (Å²) >= 11 is 0. The van der Waals surface area contributed by atoms with Crippen molar-refractivity contribution in [3.8, 4) is 16.9 Å². The Bertz CT molecular complexity index is 1090. The van der Waals surface area contributed by atoms with E-state index in [9.17, 15) is 9.00 Å². The van der Waals surface area contributed by atoms with Crippen molar-refractivity contribution in [1.29, 1.82) is 0 Å². The normalized spacial score (nSPS) is 18.6. The molecule has 6 nitrogen and oxygen atoms in total. The zero-order chi connectivity index (χ0) is 19.8. The summed E-state index contributed by atoms with van der Waals surface area (Å²) in [7, 11) is -1.20. The van der Waals surface area contributed by atoms with Crippen LogP contribution in [0.1, 0.15) is 22.5 Å². The molecule has 0 spiro atoms. The first kappa shape index (κ1) is 18.3. The number of amides is 1. The molecule has 2 aliphatic rings. The Kier molecular flexibility index (Phi) is 4.77. The molecule has 3 heterocycles. The van der Waals surface area contributed by atoms with Crippen molar-refractivity contribution in [1.82, 2.24) is 14.7 Å². The quantitative estimate of drug-likeness (QED) is 0.655. The van der Waals surface area contributed by atoms with Crippen LogP contribution in [-0.4, -0.2) is 51.1 Å². The fraction of sp³-hybridized carbons (Fsp3) is 0.273. The average Bonchev–Trinajstić information content (AvgIpc) is 2.94. The van der Waals surface area contributed by atoms with Gasteiger partial charge in [-0.25, -0.2) is 4.68 Å². The summed E-state index contributed by atoms with van der Waals surface area (Å²) in [6.07, 6.45) is 0.808. The molecule has 2 aliphatic heterocycles. The van der Waals surface area contributed by atoms with Crippen LogP contribution in [0.25, 0.3) is 16.9 Å². The third kappa shape index (κ3) is 3.20. The van der Waals surface area contributed by atoms with Crippen LogP contribution in [0, 0.1) is 0 Å². The predicted octanol–water partition coefficient (Wildman–Crippen LogP) is 3.02. The van der Waals surface area contributed by atoms with Gasteiger partial charge in [0.25, 0.3) is 5.91 Å². The lowest BCUT2D eigenvalue weighted by molar-refractivity contribution is 0.0734. The maximum atomic E-state index is 13.4. The van der Waals surface area contributed by atoms with Gasteiger partial charge >= 0.3 is 0 Å². The van der Waals surface area contributed by atoms with Gasteiger partial charge in [-0.1, -0.05) is 36.4 Å². The maximum absolute atomic E-state index is 13.4. The van der Waals surface area contributed by atoms with Gasteiger partial charge in [-0.15, -0.1) is 0 Å². The minimum absolute atomic E-state index is 0.113. The molecule has 0 radical (unpaired) electrons. The van der Waals surface area contributed by atoms with Gasteiger partial charge in [-0.2, -0.15) is 5.10 Å². The highest BCUT2D eigenvalue weighted by Crippen LogP contribution is 2.39. The number of rotatable bonds is 2. The molecule has 29 heavy (non-hydrogen) atoms. The lowest BCUT2D eigenvalue weighted by Crippen LogP contribution is -2.34. The van der Waals surface area contributed by atoms with Crippen molar-refractivity contribution >= 4 is 16.7 Å². The molecule has 1 fully saturated rings. The van der Waals surface area contributed by atoms with Crippen LogP contribution in [0.15, 0.2) is 59.5 Å². The van der Waals surface area contributed by atoms with Gasteiger partial charge in [0.15, 0.2) is 5.69 Å². The van der Waals surface area contributed by atoms with Crippen LogP contribution in [-0.2, 0) is 21.3 Å². The van der Waals surface area contributed by atoms with E-state index in [0.29, 0.717) is 37.8 Å². The molecular formula is C22H21N3O3S. The summed E-state index contributed by atoms with van der Waals surface area (Å²) in [4.78, 5) is 16.0. The molecule has 0 saturated carbocycles. The first-order chi connectivity index (χ1) is 14.2. The van der Waals surface area contributed by atoms with E-state index in [1.54, 1.807) is 4.90 Å². The number of fused-ring (bicyclic) bond motifs is 3. The lowest BCUT2D eigenvalue weighted by Gasteiger charge is -2.20. The molecule has 7 heteroatoms. The number of benzene rings is 2. The Labute approximate surface area is 171 Å². The van der Waals surface area contributed by atoms with Crippen molar-refractivity contribution < 1.29 is 13.7 Å². The van der Waals surface area contributed by atoms with E-state index in [2.05, 4.69) is 0 Å². The highest BCUT2D eigenvalue weighted by atomic mass is 32.2. The molecule has 1 amide bonds. The Balaban J connectivity index is 1.69. The van der Waals surface area contributed by atoms with E-state index in [0.717, 1.165) is 33.8 Å². The van der Waals surface area contributed by atoms with E-state index in [4.69, 9.17) is 9.84 Å². The second-order valence-electron chi connectivity index (χ2n) is 7.17. The summed E-state index contributed by atoms with van der Waals surface area (Å²) < 4.78 is 20.2. The first-order valence-corrected chi connectivity index (χ1v) is 11.1. The van der Waals surface area contributed by atoms with E-state index >= 15 is 0 Å². The molecule has 5 rings (SSSR count). The third-order valence-electron chi connectivity index (χ3n) is 5.36. The summed E-state index contributed by atoms with van der Waals surface area (Å²) in [5, 5.41) is 4.75. The van der Waals surface area contributed by atoms with Crippen LogP contribution in [0.3, 0.4) is 0 Å². The topological polar surface area (TPSA) is 64.4 Å². The van der Waals surface area contributed by atoms with Crippen LogP contribution >= 0.6 is 0 Å². The molecule has 1 aromatic heterocycles. The van der Waals surface area contributed by atoms with Crippen LogP contribution in [0.2, 0.25) is 0 Å². The molecule has 148 valence electrons. The maximum Gasteiger partial charge on any atom is 0.274 e. The molecule has 0 aliphatic carbocycles. The van der Waals surface area contributed by atoms with Gasteiger partial charge in [0, 0.05) is 35.7 Å². The van der Waals surface area contributed by atoms with Crippen LogP contribution in [0.4, 0.5) is 0 Å². The SMILES string of the molecule is O=C(c1nn(-c2ccccc2)c2c1CS(=O)c1ccccc1-2)N1CCCOCC1. The first-order valence-electron chi connectivity index (χ1n) is 9.76. The van der Waals surface area contributed by atoms with Gasteiger partial charge in [-0.05, 0) is 24.6 Å². The monoisotopic (exact) mass is 407 g/mol. The van der Waals surface area contributed by atoms with Crippen molar-refractivity contribution in [2.75, 3.05) is 26.3 Å². The Morgan fingerprint density at radius 1 is 1.00 bits per heavy atom. The number of hydrogen-bond donors (Lipinski definition) is 0. The predicted molar refractivity (Wildman–Crippen MR) is 110 cm³/mol. The molecule has 0 bridgehead atoms. The number of aromatic nitrogens is 2. The smallest absolute Gasteiger partial charge is 0.274 e. The minimum Gasteiger partial charge on any atom is -0.380 e. The molecule has 1 atom stereocenters. The van der Waals surface area contributed by atoms with Gasteiger partial charge in [0.1, 0.15) is 0 Å². The standard InChI is InChI=1S/C22H21N3O3S/c26-22(24-11-6-13-28-14-12-24)20-18-15-29(27)19-10-5-4-9-17(19)21(18)25(23-20)16-7-2-1-3-8-16/h1-5,7-10H,6,11-15H2. The Morgan fingerprint density at radius 2 is 1.79 bits per heavy atom. The van der Waals surface area contributed by atoms with Crippen molar-refractivity contribution in [3.05, 3.63) is 65.9 Å². The van der Waals surface area contributed by atoms with Crippen molar-refractivity contribution in [2.24, 2.45) is 0 Å². The van der Waals surface area contributed by atoms with E-state index in [-0.39, 0.29) is 5.91 Å². The summed E-state index contributed by atoms with van der Waals surface area (Å²) in [5.41, 5.74) is 3.78. The van der Waals surface area contributed by atoms with Gasteiger partial charge < -0.3 is 9.64 Å². The number of nitrogens with zero attached hydrogens (tertiary/aromatic N) is 3. The zero-order valence-corrected chi connectivity index (χ0v) is 16.7. The fourth-order valence-corrected chi connectivity index (χ4v) is 5.29. The minimum atomic E-state index is -1.20. The van der Waals surface area contributed by atoms with Gasteiger partial charge in [0.05, 0.1) is 34.5 Å². The molecule has 3 aromatic rings. The number of hydrogen-bond acceptors (Lipinski definition) is 4. The third-order valence-corrected chi connectivity index (χ3v) is 6.76. The van der Waals surface area contributed by atoms with Gasteiger partial charge in [0.2, 0.25) is 0 Å². The number of carbonyl (C=O) groups is 1. The molecule has 2 aromatic carbocycles. The van der Waals surface area contributed by atoms with Gasteiger partial charge in [-0.3, -0.25) is 9.00 Å². The lowest BCUT2D eigenvalue weighted by atomic mass is 10.0. The zero-order valence-electron chi connectivity index (χ0n) is 15.9. The summed E-state index contributed by atoms with van der Waals surface area (Å²) in [6.45, 7) is 2.39. The molecule has 1 unspecified atom stereocenters.